The highest BCUT2D eigenvalue weighted by molar-refractivity contribution is 9.10. The first kappa shape index (κ1) is 12.2. The van der Waals surface area contributed by atoms with Crippen LogP contribution in [0.3, 0.4) is 0 Å². The van der Waals surface area contributed by atoms with Crippen LogP contribution in [0, 0.1) is 11.8 Å². The predicted octanol–water partition coefficient (Wildman–Crippen LogP) is 3.39. The molecule has 94 valence electrons. The van der Waals surface area contributed by atoms with Crippen molar-refractivity contribution < 1.29 is 9.59 Å². The number of hydrogen-bond acceptors (Lipinski definition) is 2. The number of imide groups is 1. The Morgan fingerprint density at radius 2 is 1.78 bits per heavy atom. The smallest absolute Gasteiger partial charge is 0.237 e. The van der Waals surface area contributed by atoms with Gasteiger partial charge in [0.2, 0.25) is 11.8 Å². The number of halogens is 2. The van der Waals surface area contributed by atoms with E-state index in [2.05, 4.69) is 15.9 Å². The largest absolute Gasteiger partial charge is 0.274 e. The molecule has 1 saturated heterocycles. The van der Waals surface area contributed by atoms with Crippen LogP contribution in [0.2, 0.25) is 5.02 Å². The lowest BCUT2D eigenvalue weighted by molar-refractivity contribution is -0.122. The topological polar surface area (TPSA) is 37.4 Å². The Balaban J connectivity index is 1.99. The second-order valence-electron chi connectivity index (χ2n) is 4.75. The van der Waals surface area contributed by atoms with Crippen LogP contribution in [0.25, 0.3) is 0 Å². The minimum Gasteiger partial charge on any atom is -0.274 e. The van der Waals surface area contributed by atoms with Crippen molar-refractivity contribution >= 4 is 45.0 Å². The Labute approximate surface area is 118 Å². The number of anilines is 1. The molecule has 18 heavy (non-hydrogen) atoms. The van der Waals surface area contributed by atoms with Gasteiger partial charge in [-0.15, -0.1) is 0 Å². The van der Waals surface area contributed by atoms with Gasteiger partial charge in [0.05, 0.1) is 22.5 Å². The van der Waals surface area contributed by atoms with Gasteiger partial charge in [-0.1, -0.05) is 18.0 Å². The van der Waals surface area contributed by atoms with Crippen molar-refractivity contribution in [2.75, 3.05) is 4.90 Å². The van der Waals surface area contributed by atoms with Gasteiger partial charge in [0, 0.05) is 4.47 Å². The van der Waals surface area contributed by atoms with Crippen LogP contribution in [-0.4, -0.2) is 11.8 Å². The molecule has 0 N–H and O–H groups in total. The number of carbonyl (C=O) groups excluding carboxylic acids is 2. The van der Waals surface area contributed by atoms with Gasteiger partial charge in [0.15, 0.2) is 0 Å². The lowest BCUT2D eigenvalue weighted by atomic mass is 10.00. The van der Waals surface area contributed by atoms with Gasteiger partial charge in [-0.05, 0) is 47.0 Å². The maximum Gasteiger partial charge on any atom is 0.237 e. The number of rotatable bonds is 1. The molecule has 1 aliphatic carbocycles. The fraction of sp³-hybridized carbons (Fsp3) is 0.385. The van der Waals surface area contributed by atoms with E-state index in [1.165, 1.54) is 4.90 Å². The first-order chi connectivity index (χ1) is 8.59. The van der Waals surface area contributed by atoms with Crippen LogP contribution in [0.5, 0.6) is 0 Å². The number of benzene rings is 1. The molecule has 2 atom stereocenters. The molecular formula is C13H11BrClNO2. The van der Waals surface area contributed by atoms with Gasteiger partial charge in [-0.2, -0.15) is 0 Å². The summed E-state index contributed by atoms with van der Waals surface area (Å²) in [6, 6.07) is 5.12. The molecule has 2 amide bonds. The molecule has 3 nitrogen and oxygen atoms in total. The summed E-state index contributed by atoms with van der Waals surface area (Å²) in [5, 5.41) is 0.568. The zero-order chi connectivity index (χ0) is 12.9. The van der Waals surface area contributed by atoms with Gasteiger partial charge in [-0.3, -0.25) is 14.5 Å². The highest BCUT2D eigenvalue weighted by Gasteiger charge is 2.50. The van der Waals surface area contributed by atoms with E-state index in [1.54, 1.807) is 18.2 Å². The van der Waals surface area contributed by atoms with Crippen molar-refractivity contribution in [1.82, 2.24) is 0 Å². The molecule has 1 heterocycles. The van der Waals surface area contributed by atoms with Crippen LogP contribution < -0.4 is 4.90 Å². The summed E-state index contributed by atoms with van der Waals surface area (Å²) in [5.41, 5.74) is 0.607. The standard InChI is InChI=1S/C13H11BrClNO2/c14-10-6-7(4-5-11(10)15)16-12(17)8-2-1-3-9(8)13(16)18/h4-6,8-9H,1-3H2. The zero-order valence-electron chi connectivity index (χ0n) is 9.53. The number of carbonyl (C=O) groups is 2. The van der Waals surface area contributed by atoms with Crippen LogP contribution in [0.4, 0.5) is 5.69 Å². The Morgan fingerprint density at radius 1 is 1.17 bits per heavy atom. The van der Waals surface area contributed by atoms with Gasteiger partial charge < -0.3 is 0 Å². The van der Waals surface area contributed by atoms with Gasteiger partial charge in [0.1, 0.15) is 0 Å². The second-order valence-corrected chi connectivity index (χ2v) is 6.02. The molecule has 1 aliphatic heterocycles. The highest BCUT2D eigenvalue weighted by atomic mass is 79.9. The molecular weight excluding hydrogens is 318 g/mol. The summed E-state index contributed by atoms with van der Waals surface area (Å²) in [7, 11) is 0. The average Bonchev–Trinajstić information content (AvgIpc) is 2.89. The minimum atomic E-state index is -0.105. The van der Waals surface area contributed by atoms with Gasteiger partial charge >= 0.3 is 0 Å². The van der Waals surface area contributed by atoms with Crippen molar-refractivity contribution in [3.05, 3.63) is 27.7 Å². The summed E-state index contributed by atoms with van der Waals surface area (Å²) in [6.07, 6.45) is 2.64. The SMILES string of the molecule is O=C1C2CCCC2C(=O)N1c1ccc(Cl)c(Br)c1. The molecule has 0 bridgehead atoms. The fourth-order valence-corrected chi connectivity index (χ4v) is 3.35. The molecule has 0 spiro atoms. The van der Waals surface area contributed by atoms with E-state index in [-0.39, 0.29) is 23.7 Å². The van der Waals surface area contributed by atoms with Crippen LogP contribution in [0.1, 0.15) is 19.3 Å². The van der Waals surface area contributed by atoms with E-state index in [1.807, 2.05) is 0 Å². The molecule has 1 aromatic rings. The van der Waals surface area contributed by atoms with Crippen molar-refractivity contribution in [1.29, 1.82) is 0 Å². The van der Waals surface area contributed by atoms with E-state index in [0.717, 1.165) is 19.3 Å². The molecule has 5 heteroatoms. The molecule has 0 radical (unpaired) electrons. The lowest BCUT2D eigenvalue weighted by Gasteiger charge is -2.16. The first-order valence-corrected chi connectivity index (χ1v) is 7.09. The van der Waals surface area contributed by atoms with Gasteiger partial charge in [-0.25, -0.2) is 0 Å². The van der Waals surface area contributed by atoms with Crippen molar-refractivity contribution in [2.24, 2.45) is 11.8 Å². The molecule has 1 saturated carbocycles. The summed E-state index contributed by atoms with van der Waals surface area (Å²) in [6.45, 7) is 0. The Kier molecular flexibility index (Phi) is 2.94. The predicted molar refractivity (Wildman–Crippen MR) is 72.5 cm³/mol. The second kappa shape index (κ2) is 4.35. The Hall–Kier alpha value is -0.870. The zero-order valence-corrected chi connectivity index (χ0v) is 11.9. The summed E-state index contributed by atoms with van der Waals surface area (Å²) < 4.78 is 0.694. The number of nitrogens with zero attached hydrogens (tertiary/aromatic N) is 1. The summed E-state index contributed by atoms with van der Waals surface area (Å²) >= 11 is 9.23. The third-order valence-corrected chi connectivity index (χ3v) is 4.97. The Morgan fingerprint density at radius 3 is 2.33 bits per heavy atom. The Bertz CT molecular complexity index is 524. The number of fused-ring (bicyclic) bond motifs is 1. The minimum absolute atomic E-state index is 0.0586. The summed E-state index contributed by atoms with van der Waals surface area (Å²) in [5.74, 6) is -0.327. The number of amides is 2. The molecule has 2 aliphatic rings. The normalized spacial score (nSPS) is 26.9. The van der Waals surface area contributed by atoms with Crippen molar-refractivity contribution in [3.63, 3.8) is 0 Å². The van der Waals surface area contributed by atoms with E-state index < -0.39 is 0 Å². The van der Waals surface area contributed by atoms with E-state index in [0.29, 0.717) is 15.2 Å². The van der Waals surface area contributed by atoms with E-state index in [4.69, 9.17) is 11.6 Å². The van der Waals surface area contributed by atoms with Crippen molar-refractivity contribution in [2.45, 2.75) is 19.3 Å². The molecule has 0 aromatic heterocycles. The third kappa shape index (κ3) is 1.70. The maximum atomic E-state index is 12.3. The lowest BCUT2D eigenvalue weighted by Crippen LogP contribution is -2.31. The highest BCUT2D eigenvalue weighted by Crippen LogP contribution is 2.42. The first-order valence-electron chi connectivity index (χ1n) is 5.92. The maximum absolute atomic E-state index is 12.3. The number of hydrogen-bond donors (Lipinski definition) is 0. The summed E-state index contributed by atoms with van der Waals surface area (Å²) in [4.78, 5) is 25.8. The average molecular weight is 329 g/mol. The molecule has 2 unspecified atom stereocenters. The molecule has 1 aromatic carbocycles. The molecule has 3 rings (SSSR count). The van der Waals surface area contributed by atoms with Gasteiger partial charge in [0.25, 0.3) is 0 Å². The van der Waals surface area contributed by atoms with Crippen molar-refractivity contribution in [3.8, 4) is 0 Å². The quantitative estimate of drug-likeness (QED) is 0.741. The van der Waals surface area contributed by atoms with Crippen LogP contribution in [0.15, 0.2) is 22.7 Å². The van der Waals surface area contributed by atoms with E-state index >= 15 is 0 Å². The molecule has 2 fully saturated rings. The van der Waals surface area contributed by atoms with E-state index in [9.17, 15) is 9.59 Å². The monoisotopic (exact) mass is 327 g/mol. The third-order valence-electron chi connectivity index (χ3n) is 3.75. The van der Waals surface area contributed by atoms with Crippen LogP contribution in [-0.2, 0) is 9.59 Å². The fourth-order valence-electron chi connectivity index (χ4n) is 2.87. The van der Waals surface area contributed by atoms with Crippen LogP contribution >= 0.6 is 27.5 Å².